The van der Waals surface area contributed by atoms with Crippen LogP contribution in [0.2, 0.25) is 0 Å². The molecule has 0 N–H and O–H groups in total. The van der Waals surface area contributed by atoms with Crippen LogP contribution in [0, 0.1) is 0 Å². The molecular weight excluding hydrogens is 659 g/mol. The van der Waals surface area contributed by atoms with Crippen LogP contribution in [0.3, 0.4) is 0 Å². The normalized spacial score (nSPS) is 12.1. The second-order valence-corrected chi connectivity index (χ2v) is 14.1. The van der Waals surface area contributed by atoms with Crippen molar-refractivity contribution in [2.45, 2.75) is 0 Å². The van der Waals surface area contributed by atoms with Crippen LogP contribution >= 0.6 is 0 Å². The molecule has 4 heterocycles. The molecule has 0 unspecified atom stereocenters. The molecule has 0 saturated heterocycles. The van der Waals surface area contributed by atoms with Gasteiger partial charge in [-0.1, -0.05) is 109 Å². The number of hydrogen-bond acceptors (Lipinski definition) is 1. The van der Waals surface area contributed by atoms with E-state index < -0.39 is 0 Å². The largest absolute Gasteiger partial charge is 0.309 e. The fourth-order valence-electron chi connectivity index (χ4n) is 8.88. The number of nitrogens with zero attached hydrogens (tertiary/aromatic N) is 5. The lowest BCUT2D eigenvalue weighted by molar-refractivity contribution is 0.957. The molecule has 12 rings (SSSR count). The summed E-state index contributed by atoms with van der Waals surface area (Å²) in [5.74, 6) is 0.858. The topological polar surface area (TPSA) is 32.6 Å². The number of hydrogen-bond donors (Lipinski definition) is 0. The number of fused-ring (bicyclic) bond motifs is 10. The summed E-state index contributed by atoms with van der Waals surface area (Å²) < 4.78 is 9.45. The van der Waals surface area contributed by atoms with Gasteiger partial charge in [-0.2, -0.15) is 0 Å². The van der Waals surface area contributed by atoms with Crippen LogP contribution < -0.4 is 0 Å². The molecule has 0 spiro atoms. The van der Waals surface area contributed by atoms with E-state index in [1.54, 1.807) is 0 Å². The van der Waals surface area contributed by atoms with Gasteiger partial charge >= 0.3 is 0 Å². The predicted octanol–water partition coefficient (Wildman–Crippen LogP) is 12.3. The van der Waals surface area contributed by atoms with Gasteiger partial charge in [0.2, 0.25) is 5.95 Å². The van der Waals surface area contributed by atoms with Crippen LogP contribution in [0.5, 0.6) is 0 Å². The van der Waals surface area contributed by atoms with Crippen molar-refractivity contribution in [2.24, 2.45) is 0 Å². The zero-order valence-corrected chi connectivity index (χ0v) is 29.1. The van der Waals surface area contributed by atoms with E-state index in [4.69, 9.17) is 4.98 Å². The molecular formula is C49H31N5. The Morgan fingerprint density at radius 3 is 1.24 bits per heavy atom. The van der Waals surface area contributed by atoms with Crippen LogP contribution in [0.25, 0.3) is 99.5 Å². The molecule has 0 radical (unpaired) electrons. The highest BCUT2D eigenvalue weighted by Gasteiger charge is 2.23. The molecule has 0 aliphatic heterocycles. The first-order valence-electron chi connectivity index (χ1n) is 18.4. The van der Waals surface area contributed by atoms with E-state index in [0.29, 0.717) is 0 Å². The SMILES string of the molecule is c1ccc(-n2c3ccccc3c3cc(-n4c(-n5c6ccccc6c6ccccc65)nc5cc6c(cc54)c4ccccc4n6-c4ccccc4)ccc32)cc1. The van der Waals surface area contributed by atoms with Gasteiger partial charge in [-0.05, 0) is 78.9 Å². The number of rotatable bonds is 4. The van der Waals surface area contributed by atoms with Gasteiger partial charge < -0.3 is 9.13 Å². The van der Waals surface area contributed by atoms with E-state index in [1.807, 2.05) is 0 Å². The molecule has 4 aromatic heterocycles. The van der Waals surface area contributed by atoms with Crippen molar-refractivity contribution in [1.82, 2.24) is 23.3 Å². The Labute approximate surface area is 309 Å². The van der Waals surface area contributed by atoms with E-state index >= 15 is 0 Å². The Balaban J connectivity index is 1.23. The summed E-state index contributed by atoms with van der Waals surface area (Å²) in [6.07, 6.45) is 0. The Morgan fingerprint density at radius 2 is 0.685 bits per heavy atom. The van der Waals surface area contributed by atoms with Crippen molar-refractivity contribution < 1.29 is 0 Å². The molecule has 0 fully saturated rings. The molecule has 5 heteroatoms. The third-order valence-electron chi connectivity index (χ3n) is 11.2. The minimum Gasteiger partial charge on any atom is -0.309 e. The molecule has 0 bridgehead atoms. The van der Waals surface area contributed by atoms with Gasteiger partial charge in [0.1, 0.15) is 0 Å². The third-order valence-corrected chi connectivity index (χ3v) is 11.2. The number of imidazole rings is 1. The number of benzene rings is 8. The zero-order valence-electron chi connectivity index (χ0n) is 29.1. The second kappa shape index (κ2) is 11.1. The summed E-state index contributed by atoms with van der Waals surface area (Å²) in [5, 5.41) is 7.24. The van der Waals surface area contributed by atoms with Crippen molar-refractivity contribution >= 4 is 76.5 Å². The van der Waals surface area contributed by atoms with Crippen molar-refractivity contribution in [3.8, 4) is 23.0 Å². The lowest BCUT2D eigenvalue weighted by Gasteiger charge is -2.13. The highest BCUT2D eigenvalue weighted by atomic mass is 15.2. The molecule has 54 heavy (non-hydrogen) atoms. The zero-order chi connectivity index (χ0) is 35.3. The van der Waals surface area contributed by atoms with Gasteiger partial charge in [0.15, 0.2) is 0 Å². The van der Waals surface area contributed by atoms with Gasteiger partial charge in [0.25, 0.3) is 0 Å². The molecule has 0 saturated carbocycles. The Kier molecular flexibility index (Phi) is 5.99. The van der Waals surface area contributed by atoms with Gasteiger partial charge in [-0.25, -0.2) is 4.98 Å². The molecule has 12 aromatic rings. The molecule has 0 atom stereocenters. The quantitative estimate of drug-likeness (QED) is 0.181. The van der Waals surface area contributed by atoms with E-state index in [-0.39, 0.29) is 0 Å². The van der Waals surface area contributed by atoms with Gasteiger partial charge in [0, 0.05) is 49.4 Å². The minimum absolute atomic E-state index is 0.858. The van der Waals surface area contributed by atoms with Crippen LogP contribution in [-0.4, -0.2) is 23.3 Å². The van der Waals surface area contributed by atoms with Crippen molar-refractivity contribution in [3.63, 3.8) is 0 Å². The molecule has 0 aliphatic carbocycles. The Bertz CT molecular complexity index is 3380. The first-order valence-corrected chi connectivity index (χ1v) is 18.4. The summed E-state index contributed by atoms with van der Waals surface area (Å²) in [4.78, 5) is 5.59. The van der Waals surface area contributed by atoms with Crippen LogP contribution in [0.1, 0.15) is 0 Å². The fraction of sp³-hybridized carbons (Fsp3) is 0. The maximum atomic E-state index is 5.59. The smallest absolute Gasteiger partial charge is 0.220 e. The van der Waals surface area contributed by atoms with Gasteiger partial charge in [-0.15, -0.1) is 0 Å². The standard InChI is InChI=1S/C49H31N5/c1-3-15-32(16-4-1)51-42-23-11-9-21-37(42)39-29-34(27-28-46(39)51)53-48-30-40-38-22-10-12-24-43(38)52(33-17-5-2-6-18-33)47(40)31-41(48)50-49(53)54-44-25-13-7-19-35(44)36-20-8-14-26-45(36)54/h1-31H. The highest BCUT2D eigenvalue weighted by Crippen LogP contribution is 2.40. The monoisotopic (exact) mass is 689 g/mol. The van der Waals surface area contributed by atoms with E-state index in [9.17, 15) is 0 Å². The van der Waals surface area contributed by atoms with Gasteiger partial charge in [-0.3, -0.25) is 9.13 Å². The minimum atomic E-state index is 0.858. The van der Waals surface area contributed by atoms with Crippen LogP contribution in [-0.2, 0) is 0 Å². The Morgan fingerprint density at radius 1 is 0.259 bits per heavy atom. The highest BCUT2D eigenvalue weighted by molar-refractivity contribution is 6.14. The lowest BCUT2D eigenvalue weighted by atomic mass is 10.1. The average Bonchev–Trinajstić information content (AvgIpc) is 3.96. The lowest BCUT2D eigenvalue weighted by Crippen LogP contribution is -2.05. The molecule has 0 aliphatic rings. The molecule has 8 aromatic carbocycles. The van der Waals surface area contributed by atoms with E-state index in [0.717, 1.165) is 50.6 Å². The first-order chi connectivity index (χ1) is 26.8. The molecule has 5 nitrogen and oxygen atoms in total. The molecule has 0 amide bonds. The summed E-state index contributed by atoms with van der Waals surface area (Å²) in [6.45, 7) is 0. The summed E-state index contributed by atoms with van der Waals surface area (Å²) >= 11 is 0. The van der Waals surface area contributed by atoms with Crippen molar-refractivity contribution in [1.29, 1.82) is 0 Å². The third kappa shape index (κ3) is 4.01. The predicted molar refractivity (Wildman–Crippen MR) is 224 cm³/mol. The van der Waals surface area contributed by atoms with Gasteiger partial charge in [0.05, 0.1) is 44.1 Å². The van der Waals surface area contributed by atoms with Crippen LogP contribution in [0.4, 0.5) is 0 Å². The summed E-state index contributed by atoms with van der Waals surface area (Å²) in [5.41, 5.74) is 12.2. The maximum absolute atomic E-state index is 5.59. The fourth-order valence-corrected chi connectivity index (χ4v) is 8.88. The number of aromatic nitrogens is 5. The Hall–Kier alpha value is -7.37. The second-order valence-electron chi connectivity index (χ2n) is 14.1. The van der Waals surface area contributed by atoms with E-state index in [2.05, 4.69) is 206 Å². The number of para-hydroxylation sites is 6. The van der Waals surface area contributed by atoms with E-state index in [1.165, 1.54) is 48.9 Å². The van der Waals surface area contributed by atoms with Crippen LogP contribution in [0.15, 0.2) is 188 Å². The summed E-state index contributed by atoms with van der Waals surface area (Å²) in [6, 6.07) is 67.6. The maximum Gasteiger partial charge on any atom is 0.220 e. The first kappa shape index (κ1) is 29.2. The average molecular weight is 690 g/mol. The summed E-state index contributed by atoms with van der Waals surface area (Å²) in [7, 11) is 0. The van der Waals surface area contributed by atoms with Crippen molar-refractivity contribution in [3.05, 3.63) is 188 Å². The van der Waals surface area contributed by atoms with Crippen molar-refractivity contribution in [2.75, 3.05) is 0 Å². The molecule has 252 valence electrons.